The summed E-state index contributed by atoms with van der Waals surface area (Å²) in [5.74, 6) is 0.104. The Labute approximate surface area is 219 Å². The van der Waals surface area contributed by atoms with E-state index in [0.717, 1.165) is 11.3 Å². The van der Waals surface area contributed by atoms with Crippen LogP contribution in [0.15, 0.2) is 66.6 Å². The molecule has 0 aliphatic heterocycles. The number of ketones is 1. The smallest absolute Gasteiger partial charge is 0.164 e. The van der Waals surface area contributed by atoms with Gasteiger partial charge in [-0.3, -0.25) is 4.79 Å². The maximum atomic E-state index is 11.5. The molecular formula is C30H38IrNO2-. The molecule has 0 unspecified atom stereocenters. The first-order valence-corrected chi connectivity index (χ1v) is 11.4. The van der Waals surface area contributed by atoms with Gasteiger partial charge >= 0.3 is 0 Å². The Morgan fingerprint density at radius 2 is 1.50 bits per heavy atom. The van der Waals surface area contributed by atoms with E-state index in [2.05, 4.69) is 74.3 Å². The molecule has 0 aliphatic carbocycles. The first-order valence-electron chi connectivity index (χ1n) is 11.4. The molecule has 1 aromatic heterocycles. The molecule has 185 valence electrons. The number of hydrogen-bond acceptors (Lipinski definition) is 3. The second-order valence-electron chi connectivity index (χ2n) is 11.5. The van der Waals surface area contributed by atoms with Gasteiger partial charge in [-0.2, -0.15) is 0 Å². The van der Waals surface area contributed by atoms with Gasteiger partial charge in [0, 0.05) is 43.2 Å². The molecule has 2 aromatic carbocycles. The average Bonchev–Trinajstić information content (AvgIpc) is 2.72. The molecule has 0 spiro atoms. The molecule has 0 saturated heterocycles. The van der Waals surface area contributed by atoms with Gasteiger partial charge in [0.25, 0.3) is 0 Å². The van der Waals surface area contributed by atoms with Gasteiger partial charge in [0.15, 0.2) is 5.78 Å². The van der Waals surface area contributed by atoms with Crippen molar-refractivity contribution in [3.63, 3.8) is 0 Å². The van der Waals surface area contributed by atoms with Crippen molar-refractivity contribution in [1.29, 1.82) is 0 Å². The van der Waals surface area contributed by atoms with Gasteiger partial charge in [0.05, 0.1) is 0 Å². The third-order valence-electron chi connectivity index (χ3n) is 5.38. The summed E-state index contributed by atoms with van der Waals surface area (Å²) in [4.78, 5) is 16.0. The molecule has 34 heavy (non-hydrogen) atoms. The fourth-order valence-electron chi connectivity index (χ4n) is 2.93. The third kappa shape index (κ3) is 8.18. The van der Waals surface area contributed by atoms with E-state index in [4.69, 9.17) is 0 Å². The molecule has 0 atom stereocenters. The summed E-state index contributed by atoms with van der Waals surface area (Å²) in [7, 11) is 0. The van der Waals surface area contributed by atoms with E-state index in [9.17, 15) is 9.90 Å². The number of fused-ring (bicyclic) bond motifs is 1. The van der Waals surface area contributed by atoms with Gasteiger partial charge in [-0.15, -0.1) is 35.4 Å². The van der Waals surface area contributed by atoms with Gasteiger partial charge < -0.3 is 10.1 Å². The second-order valence-corrected chi connectivity index (χ2v) is 11.5. The van der Waals surface area contributed by atoms with Crippen molar-refractivity contribution in [3.8, 4) is 11.3 Å². The van der Waals surface area contributed by atoms with Crippen LogP contribution < -0.4 is 0 Å². The predicted octanol–water partition coefficient (Wildman–Crippen LogP) is 8.09. The zero-order valence-corrected chi connectivity index (χ0v) is 24.3. The number of benzene rings is 2. The third-order valence-corrected chi connectivity index (χ3v) is 5.38. The SMILES string of the molecule is CC(C)(C)C(=O)C=C(O)C(C)(C)C.CC(C)(C)c1c[c-]c(-c2nccc3ccccc23)cc1.[Ir]. The van der Waals surface area contributed by atoms with E-state index in [0.29, 0.717) is 0 Å². The normalized spacial score (nSPS) is 12.4. The number of carbonyl (C=O) groups is 1. The fourth-order valence-corrected chi connectivity index (χ4v) is 2.93. The van der Waals surface area contributed by atoms with E-state index in [1.54, 1.807) is 0 Å². The molecule has 1 heterocycles. The van der Waals surface area contributed by atoms with Crippen LogP contribution in [-0.2, 0) is 30.3 Å². The fraction of sp³-hybridized carbons (Fsp3) is 0.400. The Bertz CT molecular complexity index is 1120. The molecule has 0 amide bonds. The number of rotatable bonds is 2. The summed E-state index contributed by atoms with van der Waals surface area (Å²) >= 11 is 0. The minimum Gasteiger partial charge on any atom is -0.512 e. The summed E-state index contributed by atoms with van der Waals surface area (Å²) in [5, 5.41) is 11.9. The largest absolute Gasteiger partial charge is 0.512 e. The Morgan fingerprint density at radius 3 is 2.00 bits per heavy atom. The number of hydrogen-bond donors (Lipinski definition) is 1. The van der Waals surface area contributed by atoms with E-state index in [1.807, 2.05) is 53.8 Å². The molecule has 3 rings (SSSR count). The van der Waals surface area contributed by atoms with Gasteiger partial charge in [0.2, 0.25) is 0 Å². The molecular weight excluding hydrogens is 599 g/mol. The van der Waals surface area contributed by atoms with Crippen LogP contribution >= 0.6 is 0 Å². The number of nitrogens with zero attached hydrogens (tertiary/aromatic N) is 1. The number of carbonyl (C=O) groups excluding carboxylic acids is 1. The van der Waals surface area contributed by atoms with Crippen LogP contribution in [0.3, 0.4) is 0 Å². The van der Waals surface area contributed by atoms with Gasteiger partial charge in [-0.25, -0.2) is 0 Å². The Hall–Kier alpha value is -2.29. The monoisotopic (exact) mass is 637 g/mol. The first kappa shape index (κ1) is 29.7. The molecule has 0 saturated carbocycles. The van der Waals surface area contributed by atoms with Crippen LogP contribution in [0.25, 0.3) is 22.0 Å². The summed E-state index contributed by atoms with van der Waals surface area (Å²) in [6.07, 6.45) is 3.20. The number of pyridine rings is 1. The maximum Gasteiger partial charge on any atom is 0.164 e. The van der Waals surface area contributed by atoms with Gasteiger partial charge in [0.1, 0.15) is 5.76 Å². The summed E-state index contributed by atoms with van der Waals surface area (Å²) in [6, 6.07) is 20.1. The van der Waals surface area contributed by atoms with Crippen LogP contribution in [-0.4, -0.2) is 15.9 Å². The Morgan fingerprint density at radius 1 is 0.882 bits per heavy atom. The zero-order chi connectivity index (χ0) is 25.0. The predicted molar refractivity (Wildman–Crippen MR) is 139 cm³/mol. The number of aromatic nitrogens is 1. The quantitative estimate of drug-likeness (QED) is 0.176. The van der Waals surface area contributed by atoms with E-state index < -0.39 is 5.41 Å². The number of aliphatic hydroxyl groups excluding tert-OH is 1. The molecule has 3 aromatic rings. The van der Waals surface area contributed by atoms with E-state index in [1.165, 1.54) is 22.4 Å². The molecule has 0 bridgehead atoms. The summed E-state index contributed by atoms with van der Waals surface area (Å²) < 4.78 is 0. The molecule has 0 aliphatic rings. The Kier molecular flexibility index (Phi) is 9.99. The van der Waals surface area contributed by atoms with Crippen molar-refractivity contribution in [2.24, 2.45) is 10.8 Å². The average molecular weight is 637 g/mol. The Balaban J connectivity index is 0.000000364. The molecule has 1 radical (unpaired) electrons. The molecule has 4 heteroatoms. The summed E-state index contributed by atoms with van der Waals surface area (Å²) in [6.45, 7) is 17.8. The number of aliphatic hydroxyl groups is 1. The van der Waals surface area contributed by atoms with E-state index in [-0.39, 0.29) is 42.5 Å². The van der Waals surface area contributed by atoms with E-state index >= 15 is 0 Å². The van der Waals surface area contributed by atoms with Crippen molar-refractivity contribution < 1.29 is 30.0 Å². The second kappa shape index (κ2) is 11.4. The number of allylic oxidation sites excluding steroid dienone is 2. The zero-order valence-electron chi connectivity index (χ0n) is 21.9. The van der Waals surface area contributed by atoms with Crippen LogP contribution in [0.2, 0.25) is 0 Å². The van der Waals surface area contributed by atoms with Crippen molar-refractivity contribution in [3.05, 3.63) is 78.2 Å². The van der Waals surface area contributed by atoms with Crippen LogP contribution in [0.1, 0.15) is 67.9 Å². The van der Waals surface area contributed by atoms with Crippen molar-refractivity contribution in [2.45, 2.75) is 67.7 Å². The van der Waals surface area contributed by atoms with Crippen molar-refractivity contribution in [2.75, 3.05) is 0 Å². The first-order chi connectivity index (χ1) is 15.1. The van der Waals surface area contributed by atoms with Crippen LogP contribution in [0.4, 0.5) is 0 Å². The van der Waals surface area contributed by atoms with Crippen LogP contribution in [0, 0.1) is 16.9 Å². The van der Waals surface area contributed by atoms with Crippen molar-refractivity contribution in [1.82, 2.24) is 4.98 Å². The molecule has 3 nitrogen and oxygen atoms in total. The minimum absolute atomic E-state index is 0. The van der Waals surface area contributed by atoms with Gasteiger partial charge in [-0.05, 0) is 27.9 Å². The minimum atomic E-state index is -0.417. The van der Waals surface area contributed by atoms with Gasteiger partial charge in [-0.1, -0.05) is 86.6 Å². The van der Waals surface area contributed by atoms with Crippen molar-refractivity contribution >= 4 is 16.6 Å². The maximum absolute atomic E-state index is 11.5. The standard InChI is InChI=1S/C19H18N.C11H20O2.Ir/c1-19(2,3)16-10-8-15(9-11-16)18-17-7-5-4-6-14(17)12-13-20-18;1-10(2,3)8(12)7-9(13)11(4,5)6;/h4-8,10-13H,1-3H3;7,12H,1-6H3;/q-1;;. The molecule has 1 N–H and O–H groups in total. The molecule has 0 fully saturated rings. The van der Waals surface area contributed by atoms with Crippen LogP contribution in [0.5, 0.6) is 0 Å². The summed E-state index contributed by atoms with van der Waals surface area (Å²) in [5.41, 5.74) is 2.74. The topological polar surface area (TPSA) is 50.2 Å².